The topological polar surface area (TPSA) is 70.9 Å². The maximum absolute atomic E-state index is 4.53. The van der Waals surface area contributed by atoms with E-state index in [0.29, 0.717) is 0 Å². The van der Waals surface area contributed by atoms with Crippen molar-refractivity contribution in [2.24, 2.45) is 0 Å². The smallest absolute Gasteiger partial charge is 0.158 e. The summed E-state index contributed by atoms with van der Waals surface area (Å²) in [5.74, 6) is 1.61. The highest BCUT2D eigenvalue weighted by Crippen LogP contribution is 2.30. The molecule has 0 saturated carbocycles. The van der Waals surface area contributed by atoms with E-state index in [1.54, 1.807) is 0 Å². The first kappa shape index (κ1) is 12.8. The third-order valence-electron chi connectivity index (χ3n) is 3.82. The first-order valence-corrected chi connectivity index (χ1v) is 7.15. The van der Waals surface area contributed by atoms with Crippen molar-refractivity contribution >= 4 is 22.5 Å². The number of nitrogens with one attached hydrogen (secondary N) is 2. The zero-order valence-electron chi connectivity index (χ0n) is 12.7. The van der Waals surface area contributed by atoms with Gasteiger partial charge in [-0.3, -0.25) is 0 Å². The van der Waals surface area contributed by atoms with Crippen molar-refractivity contribution in [3.05, 3.63) is 42.0 Å². The van der Waals surface area contributed by atoms with Crippen molar-refractivity contribution in [2.75, 3.05) is 12.4 Å². The van der Waals surface area contributed by atoms with E-state index >= 15 is 0 Å². The summed E-state index contributed by atoms with van der Waals surface area (Å²) in [5, 5.41) is 8.64. The van der Waals surface area contributed by atoms with Gasteiger partial charge in [-0.1, -0.05) is 0 Å². The van der Waals surface area contributed by atoms with Gasteiger partial charge < -0.3 is 10.3 Å². The molecule has 110 valence electrons. The van der Waals surface area contributed by atoms with E-state index in [0.717, 1.165) is 45.0 Å². The predicted molar refractivity (Wildman–Crippen MR) is 87.1 cm³/mol. The summed E-state index contributed by atoms with van der Waals surface area (Å²) in [6.07, 6.45) is 3.93. The van der Waals surface area contributed by atoms with Crippen LogP contribution in [0.4, 0.5) is 5.82 Å². The molecule has 4 aromatic heterocycles. The summed E-state index contributed by atoms with van der Waals surface area (Å²) >= 11 is 0. The number of hydrogen-bond acceptors (Lipinski definition) is 4. The Morgan fingerprint density at radius 3 is 2.86 bits per heavy atom. The molecule has 4 rings (SSSR count). The quantitative estimate of drug-likeness (QED) is 0.596. The highest BCUT2D eigenvalue weighted by atomic mass is 15.3. The zero-order chi connectivity index (χ0) is 15.3. The van der Waals surface area contributed by atoms with E-state index < -0.39 is 0 Å². The number of anilines is 1. The van der Waals surface area contributed by atoms with Crippen molar-refractivity contribution in [3.63, 3.8) is 0 Å². The number of H-pyrrole nitrogens is 1. The van der Waals surface area contributed by atoms with Crippen molar-refractivity contribution in [1.29, 1.82) is 0 Å². The molecular weight excluding hydrogens is 276 g/mol. The fraction of sp³-hybridized carbons (Fsp3) is 0.188. The lowest BCUT2D eigenvalue weighted by molar-refractivity contribution is 0.929. The molecular formula is C16H16N6. The van der Waals surface area contributed by atoms with E-state index in [2.05, 4.69) is 44.4 Å². The van der Waals surface area contributed by atoms with Crippen LogP contribution < -0.4 is 5.32 Å². The van der Waals surface area contributed by atoms with Gasteiger partial charge in [0.25, 0.3) is 0 Å². The lowest BCUT2D eigenvalue weighted by Crippen LogP contribution is -1.96. The van der Waals surface area contributed by atoms with Gasteiger partial charge in [0, 0.05) is 30.4 Å². The average molecular weight is 292 g/mol. The molecule has 6 heteroatoms. The monoisotopic (exact) mass is 292 g/mol. The molecule has 6 nitrogen and oxygen atoms in total. The van der Waals surface area contributed by atoms with Crippen LogP contribution in [-0.4, -0.2) is 31.6 Å². The summed E-state index contributed by atoms with van der Waals surface area (Å²) in [4.78, 5) is 12.2. The van der Waals surface area contributed by atoms with E-state index in [9.17, 15) is 0 Å². The molecule has 0 saturated heterocycles. The summed E-state index contributed by atoms with van der Waals surface area (Å²) in [5.41, 5.74) is 5.08. The maximum atomic E-state index is 4.53. The van der Waals surface area contributed by atoms with Crippen LogP contribution in [0.5, 0.6) is 0 Å². The van der Waals surface area contributed by atoms with E-state index in [4.69, 9.17) is 0 Å². The summed E-state index contributed by atoms with van der Waals surface area (Å²) in [6, 6.07) is 6.24. The van der Waals surface area contributed by atoms with Crippen molar-refractivity contribution in [2.45, 2.75) is 13.8 Å². The number of fused-ring (bicyclic) bond motifs is 2. The number of rotatable bonds is 2. The van der Waals surface area contributed by atoms with Crippen LogP contribution in [0.1, 0.15) is 11.4 Å². The molecule has 0 aliphatic rings. The first-order valence-electron chi connectivity index (χ1n) is 7.15. The number of aryl methyl sites for hydroxylation is 2. The molecule has 0 fully saturated rings. The predicted octanol–water partition coefficient (Wildman–Crippen LogP) is 2.93. The van der Waals surface area contributed by atoms with Gasteiger partial charge in [0.1, 0.15) is 17.3 Å². The van der Waals surface area contributed by atoms with Gasteiger partial charge in [0.15, 0.2) is 5.65 Å². The summed E-state index contributed by atoms with van der Waals surface area (Å²) in [7, 11) is 1.87. The van der Waals surface area contributed by atoms with Gasteiger partial charge in [0.2, 0.25) is 0 Å². The van der Waals surface area contributed by atoms with Gasteiger partial charge >= 0.3 is 0 Å². The normalized spacial score (nSPS) is 11.4. The first-order chi connectivity index (χ1) is 10.7. The minimum atomic E-state index is 0.776. The Hall–Kier alpha value is -2.89. The van der Waals surface area contributed by atoms with Crippen LogP contribution >= 0.6 is 0 Å². The Morgan fingerprint density at radius 1 is 1.18 bits per heavy atom. The molecule has 4 aromatic rings. The number of hydrogen-bond donors (Lipinski definition) is 2. The molecule has 0 unspecified atom stereocenters. The van der Waals surface area contributed by atoms with Gasteiger partial charge in [0.05, 0.1) is 0 Å². The lowest BCUT2D eigenvalue weighted by Gasteiger charge is -2.08. The molecule has 22 heavy (non-hydrogen) atoms. The Bertz CT molecular complexity index is 995. The summed E-state index contributed by atoms with van der Waals surface area (Å²) in [6.45, 7) is 3.96. The fourth-order valence-corrected chi connectivity index (χ4v) is 2.81. The maximum Gasteiger partial charge on any atom is 0.158 e. The molecule has 0 spiro atoms. The van der Waals surface area contributed by atoms with Crippen LogP contribution in [0.25, 0.3) is 27.8 Å². The molecule has 4 heterocycles. The highest BCUT2D eigenvalue weighted by molar-refractivity contribution is 5.94. The Kier molecular flexibility index (Phi) is 2.66. The fourth-order valence-electron chi connectivity index (χ4n) is 2.81. The number of pyridine rings is 2. The lowest BCUT2D eigenvalue weighted by atomic mass is 10.0. The van der Waals surface area contributed by atoms with E-state index in [1.165, 1.54) is 0 Å². The van der Waals surface area contributed by atoms with Gasteiger partial charge in [-0.05, 0) is 43.2 Å². The standard InChI is InChI=1S/C16H16N6/c1-9-6-11(8-22-16(9)19-10(2)21-22)13-7-14(17-3)20-15-12(13)4-5-18-15/h4-8H,1-3H3,(H2,17,18,20). The molecule has 0 aromatic carbocycles. The molecule has 0 amide bonds. The van der Waals surface area contributed by atoms with Gasteiger partial charge in [-0.25, -0.2) is 14.5 Å². The average Bonchev–Trinajstić information content (AvgIpc) is 3.11. The number of aromatic nitrogens is 5. The SMILES string of the molecule is CNc1cc(-c2cc(C)c3nc(C)nn3c2)c2cc[nH]c2n1. The van der Waals surface area contributed by atoms with Gasteiger partial charge in [-0.15, -0.1) is 0 Å². The third kappa shape index (κ3) is 1.84. The molecule has 0 atom stereocenters. The zero-order valence-corrected chi connectivity index (χ0v) is 12.7. The van der Waals surface area contributed by atoms with Crippen molar-refractivity contribution < 1.29 is 0 Å². The summed E-state index contributed by atoms with van der Waals surface area (Å²) < 4.78 is 1.85. The number of aromatic amines is 1. The second kappa shape index (κ2) is 4.56. The second-order valence-corrected chi connectivity index (χ2v) is 5.38. The molecule has 0 radical (unpaired) electrons. The van der Waals surface area contributed by atoms with Crippen LogP contribution in [-0.2, 0) is 0 Å². The largest absolute Gasteiger partial charge is 0.373 e. The van der Waals surface area contributed by atoms with Crippen molar-refractivity contribution in [3.8, 4) is 11.1 Å². The van der Waals surface area contributed by atoms with Crippen molar-refractivity contribution in [1.82, 2.24) is 24.6 Å². The van der Waals surface area contributed by atoms with Crippen LogP contribution in [0, 0.1) is 13.8 Å². The van der Waals surface area contributed by atoms with Crippen LogP contribution in [0.2, 0.25) is 0 Å². The highest BCUT2D eigenvalue weighted by Gasteiger charge is 2.12. The minimum Gasteiger partial charge on any atom is -0.373 e. The Labute approximate surface area is 127 Å². The second-order valence-electron chi connectivity index (χ2n) is 5.38. The Balaban J connectivity index is 2.03. The van der Waals surface area contributed by atoms with E-state index in [-0.39, 0.29) is 0 Å². The Morgan fingerprint density at radius 2 is 2.05 bits per heavy atom. The van der Waals surface area contributed by atoms with Crippen LogP contribution in [0.15, 0.2) is 30.6 Å². The third-order valence-corrected chi connectivity index (χ3v) is 3.82. The van der Waals surface area contributed by atoms with Crippen LogP contribution in [0.3, 0.4) is 0 Å². The molecule has 2 N–H and O–H groups in total. The van der Waals surface area contributed by atoms with Gasteiger partial charge in [-0.2, -0.15) is 5.10 Å². The number of nitrogens with zero attached hydrogens (tertiary/aromatic N) is 4. The minimum absolute atomic E-state index is 0.776. The molecule has 0 bridgehead atoms. The molecule has 0 aliphatic heterocycles. The molecule has 0 aliphatic carbocycles. The van der Waals surface area contributed by atoms with E-state index in [1.807, 2.05) is 36.9 Å².